The molecule has 5 heterocycles. The van der Waals surface area contributed by atoms with Gasteiger partial charge in [0.05, 0.1) is 17.8 Å². The first-order valence-electron chi connectivity index (χ1n) is 11.5. The van der Waals surface area contributed by atoms with Crippen LogP contribution in [0.4, 0.5) is 13.2 Å². The van der Waals surface area contributed by atoms with Crippen LogP contribution in [-0.4, -0.2) is 30.2 Å². The molecule has 1 N–H and O–H groups in total. The van der Waals surface area contributed by atoms with Gasteiger partial charge in [0.15, 0.2) is 17.1 Å². The van der Waals surface area contributed by atoms with Gasteiger partial charge in [-0.2, -0.15) is 18.3 Å². The Morgan fingerprint density at radius 3 is 2.84 bits per heavy atom. The lowest BCUT2D eigenvalue weighted by atomic mass is 9.89. The highest BCUT2D eigenvalue weighted by molar-refractivity contribution is 7.18. The molecule has 1 atom stereocenters. The van der Waals surface area contributed by atoms with Gasteiger partial charge >= 0.3 is 6.18 Å². The number of hydrogen-bond donors (Lipinski definition) is 1. The van der Waals surface area contributed by atoms with Crippen molar-refractivity contribution in [1.29, 1.82) is 0 Å². The quantitative estimate of drug-likeness (QED) is 0.367. The molecule has 5 aromatic heterocycles. The highest BCUT2D eigenvalue weighted by atomic mass is 32.1. The minimum Gasteiger partial charge on any atom is -0.463 e. The van der Waals surface area contributed by atoms with Crippen molar-refractivity contribution in [3.05, 3.63) is 68.5 Å². The molecule has 37 heavy (non-hydrogen) atoms. The number of thiophene rings is 1. The lowest BCUT2D eigenvalue weighted by Crippen LogP contribution is -2.35. The maximum Gasteiger partial charge on any atom is 0.433 e. The van der Waals surface area contributed by atoms with Gasteiger partial charge in [0.1, 0.15) is 21.9 Å². The third-order valence-electron chi connectivity index (χ3n) is 6.49. The maximum atomic E-state index is 13.8. The van der Waals surface area contributed by atoms with Crippen molar-refractivity contribution in [2.75, 3.05) is 5.43 Å². The van der Waals surface area contributed by atoms with Gasteiger partial charge in [-0.15, -0.1) is 11.3 Å². The average molecular weight is 529 g/mol. The van der Waals surface area contributed by atoms with Crippen molar-refractivity contribution in [2.45, 2.75) is 39.3 Å². The summed E-state index contributed by atoms with van der Waals surface area (Å²) in [5.74, 6) is 0.00339. The van der Waals surface area contributed by atoms with E-state index in [1.165, 1.54) is 29.7 Å². The van der Waals surface area contributed by atoms with E-state index >= 15 is 0 Å². The molecule has 0 saturated heterocycles. The van der Waals surface area contributed by atoms with E-state index in [0.29, 0.717) is 20.6 Å². The zero-order valence-electron chi connectivity index (χ0n) is 19.6. The van der Waals surface area contributed by atoms with Crippen LogP contribution in [0.2, 0.25) is 0 Å². The van der Waals surface area contributed by atoms with Crippen molar-refractivity contribution >= 4 is 33.1 Å². The fourth-order valence-electron chi connectivity index (χ4n) is 4.66. The molecule has 1 amide bonds. The zero-order chi connectivity index (χ0) is 26.1. The summed E-state index contributed by atoms with van der Waals surface area (Å²) in [4.78, 5) is 37.2. The molecule has 190 valence electrons. The van der Waals surface area contributed by atoms with Gasteiger partial charge < -0.3 is 4.42 Å². The van der Waals surface area contributed by atoms with Crippen LogP contribution < -0.4 is 11.0 Å². The number of carbonyl (C=O) groups is 1. The zero-order valence-corrected chi connectivity index (χ0v) is 20.4. The number of amides is 1. The Morgan fingerprint density at radius 2 is 2.11 bits per heavy atom. The summed E-state index contributed by atoms with van der Waals surface area (Å²) in [6.45, 7) is 3.74. The molecular weight excluding hydrogens is 509 g/mol. The summed E-state index contributed by atoms with van der Waals surface area (Å²) >= 11 is 1.49. The molecule has 0 unspecified atom stereocenters. The number of furan rings is 1. The molecule has 6 rings (SSSR count). The smallest absolute Gasteiger partial charge is 0.433 e. The fourth-order valence-corrected chi connectivity index (χ4v) is 6.08. The van der Waals surface area contributed by atoms with Gasteiger partial charge in [0, 0.05) is 4.88 Å². The maximum absolute atomic E-state index is 13.8. The number of alkyl halides is 3. The number of fused-ring (bicyclic) bond motifs is 4. The highest BCUT2D eigenvalue weighted by Crippen LogP contribution is 2.36. The first-order valence-corrected chi connectivity index (χ1v) is 12.3. The molecule has 0 saturated carbocycles. The van der Waals surface area contributed by atoms with Gasteiger partial charge in [-0.1, -0.05) is 6.92 Å². The van der Waals surface area contributed by atoms with E-state index in [0.717, 1.165) is 46.6 Å². The third-order valence-corrected chi connectivity index (χ3v) is 7.64. The molecule has 0 spiro atoms. The van der Waals surface area contributed by atoms with Crippen LogP contribution in [0.5, 0.6) is 0 Å². The minimum atomic E-state index is -4.78. The van der Waals surface area contributed by atoms with Crippen LogP contribution in [0, 0.1) is 12.8 Å². The number of nitrogens with one attached hydrogen (secondary N) is 1. The second-order valence-corrected chi connectivity index (χ2v) is 10.2. The molecule has 0 aliphatic heterocycles. The number of carbonyl (C=O) groups excluding carboxylic acids is 1. The van der Waals surface area contributed by atoms with Crippen LogP contribution in [-0.2, 0) is 19.0 Å². The van der Waals surface area contributed by atoms with Crippen LogP contribution in [0.3, 0.4) is 0 Å². The topological polar surface area (TPSA) is 107 Å². The largest absolute Gasteiger partial charge is 0.463 e. The Balaban J connectivity index is 1.45. The lowest BCUT2D eigenvalue weighted by molar-refractivity contribution is -0.142. The molecule has 0 fully saturated rings. The Morgan fingerprint density at radius 1 is 1.30 bits per heavy atom. The molecule has 13 heteroatoms. The summed E-state index contributed by atoms with van der Waals surface area (Å²) in [5.41, 5.74) is 1.20. The lowest BCUT2D eigenvalue weighted by Gasteiger charge is -2.17. The molecule has 1 aliphatic rings. The Bertz CT molecular complexity index is 1750. The average Bonchev–Trinajstić information content (AvgIpc) is 3.58. The van der Waals surface area contributed by atoms with Crippen LogP contribution in [0.25, 0.3) is 27.3 Å². The van der Waals surface area contributed by atoms with Crippen LogP contribution in [0.1, 0.15) is 45.7 Å². The Kier molecular flexibility index (Phi) is 5.23. The Labute approximate surface area is 210 Å². The van der Waals surface area contributed by atoms with Gasteiger partial charge in [0.25, 0.3) is 11.5 Å². The summed E-state index contributed by atoms with van der Waals surface area (Å²) in [6.07, 6.45) is 0.0824. The van der Waals surface area contributed by atoms with Crippen molar-refractivity contribution in [3.63, 3.8) is 0 Å². The number of aromatic nitrogens is 5. The van der Waals surface area contributed by atoms with E-state index < -0.39 is 23.3 Å². The summed E-state index contributed by atoms with van der Waals surface area (Å²) in [7, 11) is 0. The van der Waals surface area contributed by atoms with E-state index in [9.17, 15) is 22.8 Å². The standard InChI is InChI=1S/C24H19F3N6O3S/c1-11-5-6-13-17(8-11)37-22-19(13)23(35)32(12(2)29-22)31-21(34)14-10-28-33-18(24(25,26)27)9-15(30-20(14)33)16-4-3-7-36-16/h3-4,7,9-11H,5-6,8H2,1-2H3,(H,31,34)/t11-/m0/s1. The molecule has 0 aromatic carbocycles. The molecule has 1 aliphatic carbocycles. The summed E-state index contributed by atoms with van der Waals surface area (Å²) in [6, 6.07) is 3.77. The fraction of sp³-hybridized carbons (Fsp3) is 0.292. The second kappa shape index (κ2) is 8.26. The third kappa shape index (κ3) is 3.80. The first-order chi connectivity index (χ1) is 17.6. The highest BCUT2D eigenvalue weighted by Gasteiger charge is 2.36. The van der Waals surface area contributed by atoms with Crippen LogP contribution in [0.15, 0.2) is 39.9 Å². The minimum absolute atomic E-state index is 0.0961. The monoisotopic (exact) mass is 528 g/mol. The van der Waals surface area contributed by atoms with Crippen molar-refractivity contribution in [3.8, 4) is 11.5 Å². The number of nitrogens with zero attached hydrogens (tertiary/aromatic N) is 5. The van der Waals surface area contributed by atoms with E-state index in [2.05, 4.69) is 27.4 Å². The molecule has 0 bridgehead atoms. The van der Waals surface area contributed by atoms with Gasteiger partial charge in [-0.3, -0.25) is 15.0 Å². The SMILES string of the molecule is Cc1nc2sc3c(c2c(=O)n1NC(=O)c1cnn2c(C(F)(F)F)cc(-c4ccco4)nc12)CC[C@H](C)C3. The van der Waals surface area contributed by atoms with Crippen LogP contribution >= 0.6 is 11.3 Å². The van der Waals surface area contributed by atoms with Crippen molar-refractivity contribution < 1.29 is 22.4 Å². The van der Waals surface area contributed by atoms with Gasteiger partial charge in [-0.05, 0) is 55.9 Å². The molecule has 5 aromatic rings. The van der Waals surface area contributed by atoms with E-state index in [1.807, 2.05) is 0 Å². The summed E-state index contributed by atoms with van der Waals surface area (Å²) in [5, 5.41) is 4.23. The normalized spacial score (nSPS) is 15.9. The van der Waals surface area contributed by atoms with Gasteiger partial charge in [-0.25, -0.2) is 19.2 Å². The molecular formula is C24H19F3N6O3S. The van der Waals surface area contributed by atoms with E-state index in [4.69, 9.17) is 4.42 Å². The first kappa shape index (κ1) is 23.4. The number of aryl methyl sites for hydroxylation is 2. The predicted molar refractivity (Wildman–Crippen MR) is 129 cm³/mol. The number of rotatable bonds is 3. The van der Waals surface area contributed by atoms with Crippen molar-refractivity contribution in [1.82, 2.24) is 24.3 Å². The van der Waals surface area contributed by atoms with Crippen molar-refractivity contribution in [2.24, 2.45) is 5.92 Å². The molecule has 9 nitrogen and oxygen atoms in total. The number of halogens is 3. The van der Waals surface area contributed by atoms with E-state index in [-0.39, 0.29) is 28.5 Å². The molecule has 0 radical (unpaired) electrons. The number of hydrogen-bond acceptors (Lipinski definition) is 7. The van der Waals surface area contributed by atoms with E-state index in [1.54, 1.807) is 6.92 Å². The second-order valence-electron chi connectivity index (χ2n) is 9.07. The van der Waals surface area contributed by atoms with Gasteiger partial charge in [0.2, 0.25) is 0 Å². The predicted octanol–water partition coefficient (Wildman–Crippen LogP) is 4.60. The summed E-state index contributed by atoms with van der Waals surface area (Å²) < 4.78 is 48.2. The Hall–Kier alpha value is -4.00.